The maximum Gasteiger partial charge on any atom is 0.0634 e. The number of ether oxygens (including phenoxy) is 1. The first kappa shape index (κ1) is 11.9. The van der Waals surface area contributed by atoms with E-state index in [0.717, 1.165) is 38.3 Å². The van der Waals surface area contributed by atoms with E-state index in [1.807, 2.05) is 0 Å². The Kier molecular flexibility index (Phi) is 3.99. The maximum atomic E-state index is 5.65. The van der Waals surface area contributed by atoms with Gasteiger partial charge in [-0.3, -0.25) is 4.90 Å². The van der Waals surface area contributed by atoms with Gasteiger partial charge in [-0.2, -0.15) is 0 Å². The fourth-order valence-corrected chi connectivity index (χ4v) is 3.23. The molecule has 3 nitrogen and oxygen atoms in total. The molecule has 2 saturated carbocycles. The van der Waals surface area contributed by atoms with Crippen LogP contribution in [0.3, 0.4) is 0 Å². The monoisotopic (exact) mass is 238 g/mol. The number of nitrogens with one attached hydrogen (secondary N) is 1. The highest BCUT2D eigenvalue weighted by molar-refractivity contribution is 4.86. The van der Waals surface area contributed by atoms with E-state index in [4.69, 9.17) is 4.74 Å². The smallest absolute Gasteiger partial charge is 0.0634 e. The molecular formula is C14H26N2O. The van der Waals surface area contributed by atoms with E-state index in [1.165, 1.54) is 45.1 Å². The maximum absolute atomic E-state index is 5.65. The summed E-state index contributed by atoms with van der Waals surface area (Å²) >= 11 is 0. The molecule has 0 aromatic carbocycles. The Morgan fingerprint density at radius 1 is 1.12 bits per heavy atom. The zero-order valence-electron chi connectivity index (χ0n) is 10.9. The van der Waals surface area contributed by atoms with Crippen molar-refractivity contribution in [3.63, 3.8) is 0 Å². The Morgan fingerprint density at radius 2 is 1.94 bits per heavy atom. The van der Waals surface area contributed by atoms with Gasteiger partial charge in [-0.05, 0) is 31.6 Å². The summed E-state index contributed by atoms with van der Waals surface area (Å²) in [6.45, 7) is 5.48. The van der Waals surface area contributed by atoms with Crippen molar-refractivity contribution >= 4 is 0 Å². The second-order valence-electron chi connectivity index (χ2n) is 6.06. The molecule has 1 saturated heterocycles. The Labute approximate surface area is 105 Å². The van der Waals surface area contributed by atoms with Gasteiger partial charge in [0.1, 0.15) is 0 Å². The molecule has 3 rings (SSSR count). The van der Waals surface area contributed by atoms with E-state index in [-0.39, 0.29) is 0 Å². The molecular weight excluding hydrogens is 212 g/mol. The van der Waals surface area contributed by atoms with Crippen LogP contribution in [0.15, 0.2) is 0 Å². The van der Waals surface area contributed by atoms with Crippen LogP contribution in [0.1, 0.15) is 38.5 Å². The molecule has 1 unspecified atom stereocenters. The lowest BCUT2D eigenvalue weighted by atomic mass is 10.1. The van der Waals surface area contributed by atoms with Gasteiger partial charge in [0.05, 0.1) is 13.2 Å². The molecule has 3 heteroatoms. The highest BCUT2D eigenvalue weighted by Gasteiger charge is 2.28. The highest BCUT2D eigenvalue weighted by atomic mass is 16.5. The third-order valence-electron chi connectivity index (χ3n) is 4.54. The molecule has 0 amide bonds. The van der Waals surface area contributed by atoms with Crippen molar-refractivity contribution in [2.75, 3.05) is 32.8 Å². The lowest BCUT2D eigenvalue weighted by Crippen LogP contribution is -2.51. The fraction of sp³-hybridized carbons (Fsp3) is 1.00. The Bertz CT molecular complexity index is 236. The minimum absolute atomic E-state index is 0.630. The third kappa shape index (κ3) is 3.43. The van der Waals surface area contributed by atoms with Gasteiger partial charge in [0, 0.05) is 31.7 Å². The number of hydrogen-bond donors (Lipinski definition) is 1. The normalized spacial score (nSPS) is 32.1. The van der Waals surface area contributed by atoms with Crippen LogP contribution in [0.5, 0.6) is 0 Å². The predicted octanol–water partition coefficient (Wildman–Crippen LogP) is 1.63. The Balaban J connectivity index is 1.47. The number of morpholine rings is 1. The molecule has 1 N–H and O–H groups in total. The summed E-state index contributed by atoms with van der Waals surface area (Å²) in [4.78, 5) is 2.69. The van der Waals surface area contributed by atoms with E-state index < -0.39 is 0 Å². The molecule has 1 atom stereocenters. The fourth-order valence-electron chi connectivity index (χ4n) is 3.23. The quantitative estimate of drug-likeness (QED) is 0.788. The van der Waals surface area contributed by atoms with Crippen LogP contribution < -0.4 is 5.32 Å². The average Bonchev–Trinajstić information content (AvgIpc) is 3.05. The number of rotatable bonds is 5. The predicted molar refractivity (Wildman–Crippen MR) is 69.2 cm³/mol. The van der Waals surface area contributed by atoms with Crippen LogP contribution in [-0.2, 0) is 4.74 Å². The van der Waals surface area contributed by atoms with E-state index >= 15 is 0 Å². The summed E-state index contributed by atoms with van der Waals surface area (Å²) in [5, 5.41) is 3.66. The second kappa shape index (κ2) is 5.68. The Hall–Kier alpha value is -0.120. The molecule has 0 bridgehead atoms. The van der Waals surface area contributed by atoms with Gasteiger partial charge < -0.3 is 10.1 Å². The standard InChI is InChI=1S/C14H26N2O/c1-2-4-12(3-1)10-16-7-8-17-11-14(16)9-15-13-5-6-13/h12-15H,1-11H2. The molecule has 0 spiro atoms. The van der Waals surface area contributed by atoms with Crippen LogP contribution in [-0.4, -0.2) is 49.8 Å². The van der Waals surface area contributed by atoms with Crippen molar-refractivity contribution in [3.05, 3.63) is 0 Å². The van der Waals surface area contributed by atoms with Crippen LogP contribution in [0, 0.1) is 5.92 Å². The molecule has 0 aromatic heterocycles. The van der Waals surface area contributed by atoms with Crippen LogP contribution >= 0.6 is 0 Å². The molecule has 1 aliphatic heterocycles. The minimum atomic E-state index is 0.630. The van der Waals surface area contributed by atoms with E-state index in [2.05, 4.69) is 10.2 Å². The van der Waals surface area contributed by atoms with Crippen LogP contribution in [0.25, 0.3) is 0 Å². The van der Waals surface area contributed by atoms with E-state index in [1.54, 1.807) is 0 Å². The van der Waals surface area contributed by atoms with E-state index in [9.17, 15) is 0 Å². The van der Waals surface area contributed by atoms with Gasteiger partial charge in [0.25, 0.3) is 0 Å². The molecule has 0 radical (unpaired) electrons. The van der Waals surface area contributed by atoms with Gasteiger partial charge in [-0.15, -0.1) is 0 Å². The van der Waals surface area contributed by atoms with Crippen molar-refractivity contribution in [1.29, 1.82) is 0 Å². The van der Waals surface area contributed by atoms with E-state index in [0.29, 0.717) is 6.04 Å². The Morgan fingerprint density at radius 3 is 2.71 bits per heavy atom. The van der Waals surface area contributed by atoms with Gasteiger partial charge in [0.15, 0.2) is 0 Å². The molecule has 98 valence electrons. The topological polar surface area (TPSA) is 24.5 Å². The number of nitrogens with zero attached hydrogens (tertiary/aromatic N) is 1. The largest absolute Gasteiger partial charge is 0.378 e. The lowest BCUT2D eigenvalue weighted by Gasteiger charge is -2.37. The molecule has 0 aromatic rings. The van der Waals surface area contributed by atoms with Crippen LogP contribution in [0.2, 0.25) is 0 Å². The second-order valence-corrected chi connectivity index (χ2v) is 6.06. The zero-order chi connectivity index (χ0) is 11.5. The van der Waals surface area contributed by atoms with Gasteiger partial charge >= 0.3 is 0 Å². The molecule has 3 aliphatic rings. The average molecular weight is 238 g/mol. The highest BCUT2D eigenvalue weighted by Crippen LogP contribution is 2.26. The first-order valence-corrected chi connectivity index (χ1v) is 7.47. The van der Waals surface area contributed by atoms with Crippen molar-refractivity contribution in [1.82, 2.24) is 10.2 Å². The summed E-state index contributed by atoms with van der Waals surface area (Å²) < 4.78 is 5.65. The van der Waals surface area contributed by atoms with Crippen molar-refractivity contribution in [2.24, 2.45) is 5.92 Å². The minimum Gasteiger partial charge on any atom is -0.378 e. The molecule has 2 aliphatic carbocycles. The number of hydrogen-bond acceptors (Lipinski definition) is 3. The zero-order valence-corrected chi connectivity index (χ0v) is 10.9. The van der Waals surface area contributed by atoms with Gasteiger partial charge in [-0.25, -0.2) is 0 Å². The molecule has 1 heterocycles. The summed E-state index contributed by atoms with van der Waals surface area (Å²) in [5.41, 5.74) is 0. The van der Waals surface area contributed by atoms with Crippen molar-refractivity contribution in [2.45, 2.75) is 50.6 Å². The third-order valence-corrected chi connectivity index (χ3v) is 4.54. The molecule has 17 heavy (non-hydrogen) atoms. The molecule has 3 fully saturated rings. The summed E-state index contributed by atoms with van der Waals surface area (Å²) in [6.07, 6.45) is 8.60. The van der Waals surface area contributed by atoms with Gasteiger partial charge in [-0.1, -0.05) is 12.8 Å². The SMILES string of the molecule is C1CCC(CN2CCOCC2CNC2CC2)C1. The van der Waals surface area contributed by atoms with Gasteiger partial charge in [0.2, 0.25) is 0 Å². The summed E-state index contributed by atoms with van der Waals surface area (Å²) in [7, 11) is 0. The summed E-state index contributed by atoms with van der Waals surface area (Å²) in [5.74, 6) is 0.969. The lowest BCUT2D eigenvalue weighted by molar-refractivity contribution is -0.0133. The first-order valence-electron chi connectivity index (χ1n) is 7.47. The van der Waals surface area contributed by atoms with Crippen molar-refractivity contribution in [3.8, 4) is 0 Å². The van der Waals surface area contributed by atoms with Crippen LogP contribution in [0.4, 0.5) is 0 Å². The van der Waals surface area contributed by atoms with Crippen molar-refractivity contribution < 1.29 is 4.74 Å². The summed E-state index contributed by atoms with van der Waals surface area (Å²) in [6, 6.07) is 1.45. The first-order chi connectivity index (χ1) is 8.42.